The van der Waals surface area contributed by atoms with Crippen molar-refractivity contribution in [2.75, 3.05) is 41.6 Å². The molecule has 0 bridgehead atoms. The first-order valence-electron chi connectivity index (χ1n) is 9.37. The average Bonchev–Trinajstić information content (AvgIpc) is 2.80. The van der Waals surface area contributed by atoms with Crippen LogP contribution >= 0.6 is 0 Å². The zero-order valence-electron chi connectivity index (χ0n) is 17.4. The van der Waals surface area contributed by atoms with E-state index in [1.807, 2.05) is 18.2 Å². The van der Waals surface area contributed by atoms with Gasteiger partial charge in [0.2, 0.25) is 5.75 Å². The number of aliphatic hydroxyl groups is 2. The zero-order chi connectivity index (χ0) is 21.7. The number of hydrogen-bond acceptors (Lipinski definition) is 8. The fraction of sp³-hybridized carbons (Fsp3) is 0.318. The summed E-state index contributed by atoms with van der Waals surface area (Å²) < 4.78 is 21.6. The van der Waals surface area contributed by atoms with Crippen molar-refractivity contribution in [3.63, 3.8) is 0 Å². The predicted octanol–water partition coefficient (Wildman–Crippen LogP) is 2.51. The Kier molecular flexibility index (Phi) is 6.94. The first-order chi connectivity index (χ1) is 14.6. The molecule has 3 rings (SSSR count). The summed E-state index contributed by atoms with van der Waals surface area (Å²) in [7, 11) is 6.23. The van der Waals surface area contributed by atoms with Gasteiger partial charge in [0, 0.05) is 23.1 Å². The third-order valence-corrected chi connectivity index (χ3v) is 4.75. The lowest BCUT2D eigenvalue weighted by atomic mass is 10.0. The minimum absolute atomic E-state index is 0.0941. The number of rotatable bonds is 9. The van der Waals surface area contributed by atoms with Crippen LogP contribution in [0.4, 0.5) is 0 Å². The number of nitrogens with one attached hydrogen (secondary N) is 1. The molecule has 1 unspecified atom stereocenters. The van der Waals surface area contributed by atoms with Gasteiger partial charge < -0.3 is 29.2 Å². The van der Waals surface area contributed by atoms with Crippen LogP contribution in [0, 0.1) is 0 Å². The smallest absolute Gasteiger partial charge is 0.203 e. The molecule has 0 saturated heterocycles. The largest absolute Gasteiger partial charge is 0.497 e. The van der Waals surface area contributed by atoms with Crippen LogP contribution in [0.5, 0.6) is 23.0 Å². The molecule has 8 nitrogen and oxygen atoms in total. The summed E-state index contributed by atoms with van der Waals surface area (Å²) in [4.78, 5) is 4.75. The number of aliphatic hydroxyl groups excluding tert-OH is 2. The molecule has 2 aromatic carbocycles. The monoisotopic (exact) mass is 414 g/mol. The van der Waals surface area contributed by atoms with Gasteiger partial charge in [-0.3, -0.25) is 5.32 Å². The van der Waals surface area contributed by atoms with E-state index in [1.165, 1.54) is 0 Å². The van der Waals surface area contributed by atoms with E-state index < -0.39 is 6.23 Å². The van der Waals surface area contributed by atoms with Crippen LogP contribution in [0.3, 0.4) is 0 Å². The molecule has 1 heterocycles. The first kappa shape index (κ1) is 21.6. The average molecular weight is 414 g/mol. The topological polar surface area (TPSA) is 102 Å². The quantitative estimate of drug-likeness (QED) is 0.459. The molecular weight excluding hydrogens is 388 g/mol. The molecule has 1 aromatic heterocycles. The van der Waals surface area contributed by atoms with E-state index in [-0.39, 0.29) is 13.2 Å². The molecule has 0 aliphatic carbocycles. The van der Waals surface area contributed by atoms with Crippen LogP contribution in [-0.2, 0) is 0 Å². The van der Waals surface area contributed by atoms with E-state index in [2.05, 4.69) is 5.32 Å². The van der Waals surface area contributed by atoms with Crippen LogP contribution in [0.25, 0.3) is 22.2 Å². The van der Waals surface area contributed by atoms with Crippen LogP contribution in [0.15, 0.2) is 36.4 Å². The summed E-state index contributed by atoms with van der Waals surface area (Å²) in [6.45, 7) is 0.150. The van der Waals surface area contributed by atoms with E-state index in [0.717, 1.165) is 10.9 Å². The summed E-state index contributed by atoms with van der Waals surface area (Å²) in [5, 5.41) is 23.4. The first-order valence-corrected chi connectivity index (χ1v) is 9.37. The predicted molar refractivity (Wildman–Crippen MR) is 113 cm³/mol. The Morgan fingerprint density at radius 2 is 1.63 bits per heavy atom. The van der Waals surface area contributed by atoms with Gasteiger partial charge in [-0.05, 0) is 36.4 Å². The summed E-state index contributed by atoms with van der Waals surface area (Å²) in [5.74, 6) is 2.15. The molecule has 0 fully saturated rings. The maximum absolute atomic E-state index is 10.7. The van der Waals surface area contributed by atoms with Gasteiger partial charge >= 0.3 is 0 Å². The fourth-order valence-corrected chi connectivity index (χ4v) is 3.27. The van der Waals surface area contributed by atoms with Crippen molar-refractivity contribution in [3.05, 3.63) is 42.0 Å². The molecule has 0 radical (unpaired) electrons. The van der Waals surface area contributed by atoms with Crippen molar-refractivity contribution in [2.24, 2.45) is 0 Å². The Morgan fingerprint density at radius 1 is 0.933 bits per heavy atom. The van der Waals surface area contributed by atoms with Gasteiger partial charge in [0.05, 0.1) is 46.3 Å². The Hall–Kier alpha value is -3.07. The molecule has 0 spiro atoms. The number of ether oxygens (including phenoxy) is 4. The second-order valence-electron chi connectivity index (χ2n) is 6.47. The molecule has 3 aromatic rings. The molecule has 8 heteroatoms. The van der Waals surface area contributed by atoms with E-state index in [9.17, 15) is 5.11 Å². The van der Waals surface area contributed by atoms with Crippen molar-refractivity contribution in [3.8, 4) is 34.3 Å². The third kappa shape index (κ3) is 4.25. The van der Waals surface area contributed by atoms with Crippen LogP contribution in [-0.4, -0.2) is 56.8 Å². The van der Waals surface area contributed by atoms with Crippen molar-refractivity contribution in [1.29, 1.82) is 0 Å². The molecule has 30 heavy (non-hydrogen) atoms. The standard InChI is InChI=1S/C22H26N2O6/c1-27-14-5-6-17-15(11-14)16(22(26)23-7-8-25)12-18(24-17)13-9-19(28-2)21(30-4)20(10-13)29-3/h5-6,9-12,22-23,25-26H,7-8H2,1-4H3. The highest BCUT2D eigenvalue weighted by atomic mass is 16.5. The highest BCUT2D eigenvalue weighted by molar-refractivity contribution is 5.87. The maximum Gasteiger partial charge on any atom is 0.203 e. The van der Waals surface area contributed by atoms with E-state index in [4.69, 9.17) is 29.0 Å². The van der Waals surface area contributed by atoms with Gasteiger partial charge in [0.15, 0.2) is 11.5 Å². The van der Waals surface area contributed by atoms with Crippen LogP contribution in [0.1, 0.15) is 11.8 Å². The van der Waals surface area contributed by atoms with Gasteiger partial charge in [-0.1, -0.05) is 0 Å². The number of nitrogens with zero attached hydrogens (tertiary/aromatic N) is 1. The number of methoxy groups -OCH3 is 4. The normalized spacial score (nSPS) is 11.9. The molecule has 0 saturated carbocycles. The number of fused-ring (bicyclic) bond motifs is 1. The van der Waals surface area contributed by atoms with Crippen molar-refractivity contribution >= 4 is 10.9 Å². The molecule has 0 aliphatic rings. The summed E-state index contributed by atoms with van der Waals surface area (Å²) in [6.07, 6.45) is -1.00. The number of hydrogen-bond donors (Lipinski definition) is 3. The van der Waals surface area contributed by atoms with Gasteiger partial charge in [-0.2, -0.15) is 0 Å². The Bertz CT molecular complexity index is 999. The maximum atomic E-state index is 10.7. The lowest BCUT2D eigenvalue weighted by Crippen LogP contribution is -2.24. The zero-order valence-corrected chi connectivity index (χ0v) is 17.4. The van der Waals surface area contributed by atoms with Crippen LogP contribution < -0.4 is 24.3 Å². The fourth-order valence-electron chi connectivity index (χ4n) is 3.27. The third-order valence-electron chi connectivity index (χ3n) is 4.75. The van der Waals surface area contributed by atoms with Gasteiger partial charge in [-0.15, -0.1) is 0 Å². The number of benzene rings is 2. The molecule has 0 amide bonds. The van der Waals surface area contributed by atoms with E-state index >= 15 is 0 Å². The van der Waals surface area contributed by atoms with E-state index in [0.29, 0.717) is 39.8 Å². The Morgan fingerprint density at radius 3 is 2.20 bits per heavy atom. The van der Waals surface area contributed by atoms with Gasteiger partial charge in [0.1, 0.15) is 12.0 Å². The molecular formula is C22H26N2O6. The summed E-state index contributed by atoms with van der Waals surface area (Å²) >= 11 is 0. The summed E-state index contributed by atoms with van der Waals surface area (Å²) in [5.41, 5.74) is 2.64. The van der Waals surface area contributed by atoms with Crippen molar-refractivity contribution < 1.29 is 29.2 Å². The van der Waals surface area contributed by atoms with Gasteiger partial charge in [-0.25, -0.2) is 4.98 Å². The van der Waals surface area contributed by atoms with Crippen molar-refractivity contribution in [1.82, 2.24) is 10.3 Å². The Labute approximate surface area is 175 Å². The minimum atomic E-state index is -1.00. The number of pyridine rings is 1. The van der Waals surface area contributed by atoms with Crippen molar-refractivity contribution in [2.45, 2.75) is 6.23 Å². The Balaban J connectivity index is 2.22. The lowest BCUT2D eigenvalue weighted by Gasteiger charge is -2.18. The lowest BCUT2D eigenvalue weighted by molar-refractivity contribution is 0.130. The molecule has 160 valence electrons. The number of aromatic nitrogens is 1. The summed E-state index contributed by atoms with van der Waals surface area (Å²) in [6, 6.07) is 10.9. The molecule has 0 aliphatic heterocycles. The highest BCUT2D eigenvalue weighted by Gasteiger charge is 2.18. The molecule has 3 N–H and O–H groups in total. The minimum Gasteiger partial charge on any atom is -0.497 e. The second-order valence-corrected chi connectivity index (χ2v) is 6.47. The second kappa shape index (κ2) is 9.62. The molecule has 1 atom stereocenters. The highest BCUT2D eigenvalue weighted by Crippen LogP contribution is 2.41. The van der Waals surface area contributed by atoms with Crippen LogP contribution in [0.2, 0.25) is 0 Å². The van der Waals surface area contributed by atoms with Gasteiger partial charge in [0.25, 0.3) is 0 Å². The van der Waals surface area contributed by atoms with E-state index in [1.54, 1.807) is 46.6 Å². The SMILES string of the molecule is COc1ccc2nc(-c3cc(OC)c(OC)c(OC)c3)cc(C(O)NCCO)c2c1.